The number of piperidine rings is 1. The summed E-state index contributed by atoms with van der Waals surface area (Å²) in [5.74, 6) is 0.772. The van der Waals surface area contributed by atoms with Gasteiger partial charge in [0.25, 0.3) is 0 Å². The number of benzene rings is 2. The van der Waals surface area contributed by atoms with E-state index in [0.29, 0.717) is 19.7 Å². The van der Waals surface area contributed by atoms with Crippen LogP contribution in [0.1, 0.15) is 37.3 Å². The van der Waals surface area contributed by atoms with E-state index in [2.05, 4.69) is 18.9 Å². The van der Waals surface area contributed by atoms with Crippen LogP contribution in [0.4, 0.5) is 9.18 Å². The first-order chi connectivity index (χ1) is 15.5. The van der Waals surface area contributed by atoms with Crippen molar-refractivity contribution < 1.29 is 18.7 Å². The van der Waals surface area contributed by atoms with E-state index in [-0.39, 0.29) is 17.8 Å². The molecule has 172 valence electrons. The van der Waals surface area contributed by atoms with Gasteiger partial charge in [-0.15, -0.1) is 0 Å². The monoisotopic (exact) mass is 440 g/mol. The van der Waals surface area contributed by atoms with Crippen molar-refractivity contribution in [2.24, 2.45) is 5.92 Å². The first kappa shape index (κ1) is 22.6. The standard InChI is InChI=1S/C26H33FN2O3/c1-3-16-31-24-10-6-21(7-11-24)18-29-19-22(17-20-4-8-23(27)9-5-20)26(32-25(29)30)12-14-28(2)15-13-26/h4-11,22H,3,12-19H2,1-2H3. The summed E-state index contributed by atoms with van der Waals surface area (Å²) in [5.41, 5.74) is 1.67. The van der Waals surface area contributed by atoms with Gasteiger partial charge in [0.05, 0.1) is 6.61 Å². The maximum atomic E-state index is 13.4. The lowest BCUT2D eigenvalue weighted by atomic mass is 9.75. The Morgan fingerprint density at radius 2 is 1.72 bits per heavy atom. The molecule has 6 heteroatoms. The number of rotatable bonds is 7. The van der Waals surface area contributed by atoms with Crippen LogP contribution in [0.3, 0.4) is 0 Å². The molecule has 2 aliphatic rings. The third-order valence-corrected chi connectivity index (χ3v) is 6.73. The zero-order chi connectivity index (χ0) is 22.6. The number of hydrogen-bond donors (Lipinski definition) is 0. The molecule has 2 fully saturated rings. The van der Waals surface area contributed by atoms with Crippen molar-refractivity contribution in [3.8, 4) is 5.75 Å². The maximum absolute atomic E-state index is 13.4. The van der Waals surface area contributed by atoms with Crippen LogP contribution in [-0.2, 0) is 17.7 Å². The predicted molar refractivity (Wildman–Crippen MR) is 122 cm³/mol. The smallest absolute Gasteiger partial charge is 0.410 e. The van der Waals surface area contributed by atoms with Crippen molar-refractivity contribution in [2.75, 3.05) is 33.3 Å². The number of halogens is 1. The summed E-state index contributed by atoms with van der Waals surface area (Å²) < 4.78 is 25.3. The number of carbonyl (C=O) groups excluding carboxylic acids is 1. The molecule has 2 saturated heterocycles. The van der Waals surface area contributed by atoms with Crippen molar-refractivity contribution in [1.82, 2.24) is 9.80 Å². The largest absolute Gasteiger partial charge is 0.494 e. The fourth-order valence-corrected chi connectivity index (χ4v) is 4.75. The molecule has 32 heavy (non-hydrogen) atoms. The Kier molecular flexibility index (Phi) is 6.99. The highest BCUT2D eigenvalue weighted by atomic mass is 19.1. The molecule has 0 bridgehead atoms. The molecule has 0 radical (unpaired) electrons. The summed E-state index contributed by atoms with van der Waals surface area (Å²) in [6, 6.07) is 14.6. The lowest BCUT2D eigenvalue weighted by molar-refractivity contribution is -0.117. The van der Waals surface area contributed by atoms with Gasteiger partial charge in [0.15, 0.2) is 0 Å². The van der Waals surface area contributed by atoms with Crippen LogP contribution < -0.4 is 4.74 Å². The highest BCUT2D eigenvalue weighted by Gasteiger charge is 2.49. The lowest BCUT2D eigenvalue weighted by Gasteiger charge is -2.50. The Labute approximate surface area is 190 Å². The van der Waals surface area contributed by atoms with Crippen molar-refractivity contribution in [2.45, 2.75) is 44.8 Å². The number of likely N-dealkylation sites (tertiary alicyclic amines) is 1. The van der Waals surface area contributed by atoms with Gasteiger partial charge in [-0.05, 0) is 55.3 Å². The maximum Gasteiger partial charge on any atom is 0.410 e. The van der Waals surface area contributed by atoms with Crippen molar-refractivity contribution >= 4 is 6.09 Å². The summed E-state index contributed by atoms with van der Waals surface area (Å²) in [6.07, 6.45) is 3.15. The number of ether oxygens (including phenoxy) is 2. The molecule has 5 nitrogen and oxygen atoms in total. The Morgan fingerprint density at radius 1 is 1.06 bits per heavy atom. The van der Waals surface area contributed by atoms with E-state index in [4.69, 9.17) is 9.47 Å². The highest BCUT2D eigenvalue weighted by molar-refractivity contribution is 5.69. The predicted octanol–water partition coefficient (Wildman–Crippen LogP) is 4.89. The van der Waals surface area contributed by atoms with Gasteiger partial charge in [-0.3, -0.25) is 0 Å². The van der Waals surface area contributed by atoms with Gasteiger partial charge in [-0.25, -0.2) is 9.18 Å². The molecule has 4 rings (SSSR count). The van der Waals surface area contributed by atoms with Crippen molar-refractivity contribution in [3.63, 3.8) is 0 Å². The zero-order valence-electron chi connectivity index (χ0n) is 19.1. The van der Waals surface area contributed by atoms with E-state index in [1.54, 1.807) is 4.90 Å². The molecule has 0 aromatic heterocycles. The summed E-state index contributed by atoms with van der Waals surface area (Å²) >= 11 is 0. The van der Waals surface area contributed by atoms with Crippen molar-refractivity contribution in [1.29, 1.82) is 0 Å². The van der Waals surface area contributed by atoms with E-state index < -0.39 is 5.60 Å². The third kappa shape index (κ3) is 5.23. The number of carbonyl (C=O) groups is 1. The van der Waals surface area contributed by atoms with Gasteiger partial charge < -0.3 is 19.3 Å². The number of hydrogen-bond acceptors (Lipinski definition) is 4. The highest BCUT2D eigenvalue weighted by Crippen LogP contribution is 2.40. The number of amides is 1. The second-order valence-electron chi connectivity index (χ2n) is 9.14. The van der Waals surface area contributed by atoms with Crippen LogP contribution in [0.15, 0.2) is 48.5 Å². The van der Waals surface area contributed by atoms with E-state index in [1.165, 1.54) is 12.1 Å². The van der Waals surface area contributed by atoms with E-state index in [9.17, 15) is 9.18 Å². The summed E-state index contributed by atoms with van der Waals surface area (Å²) in [5, 5.41) is 0. The van der Waals surface area contributed by atoms with Crippen LogP contribution in [0, 0.1) is 11.7 Å². The van der Waals surface area contributed by atoms with E-state index >= 15 is 0 Å². The normalized spacial score (nSPS) is 20.9. The molecule has 2 aliphatic heterocycles. The molecular weight excluding hydrogens is 407 g/mol. The Morgan fingerprint density at radius 3 is 2.38 bits per heavy atom. The first-order valence-electron chi connectivity index (χ1n) is 11.6. The Hall–Kier alpha value is -2.60. The second kappa shape index (κ2) is 9.90. The summed E-state index contributed by atoms with van der Waals surface area (Å²) in [4.78, 5) is 17.1. The molecular formula is C26H33FN2O3. The van der Waals surface area contributed by atoms with Gasteiger partial charge in [-0.2, -0.15) is 0 Å². The second-order valence-corrected chi connectivity index (χ2v) is 9.14. The first-order valence-corrected chi connectivity index (χ1v) is 11.6. The van der Waals surface area contributed by atoms with Gasteiger partial charge in [0.1, 0.15) is 17.2 Å². The Balaban J connectivity index is 1.50. The average Bonchev–Trinajstić information content (AvgIpc) is 2.80. The quantitative estimate of drug-likeness (QED) is 0.615. The van der Waals surface area contributed by atoms with Gasteiger partial charge in [0, 0.05) is 44.9 Å². The molecule has 2 aromatic rings. The SMILES string of the molecule is CCCOc1ccc(CN2CC(Cc3ccc(F)cc3)C3(CCN(C)CC3)OC2=O)cc1. The van der Waals surface area contributed by atoms with Gasteiger partial charge in [0.2, 0.25) is 0 Å². The fraction of sp³-hybridized carbons (Fsp3) is 0.500. The fourth-order valence-electron chi connectivity index (χ4n) is 4.75. The van der Waals surface area contributed by atoms with Crippen molar-refractivity contribution in [3.05, 3.63) is 65.5 Å². The third-order valence-electron chi connectivity index (χ3n) is 6.73. The molecule has 0 saturated carbocycles. The minimum atomic E-state index is -0.452. The lowest BCUT2D eigenvalue weighted by Crippen LogP contribution is -2.60. The average molecular weight is 441 g/mol. The summed E-state index contributed by atoms with van der Waals surface area (Å²) in [7, 11) is 2.10. The minimum absolute atomic E-state index is 0.159. The zero-order valence-corrected chi connectivity index (χ0v) is 19.1. The van der Waals surface area contributed by atoms with Crippen LogP contribution in [-0.4, -0.2) is 54.8 Å². The molecule has 0 N–H and O–H groups in total. The van der Waals surface area contributed by atoms with Crippen LogP contribution in [0.5, 0.6) is 5.75 Å². The van der Waals surface area contributed by atoms with Crippen LogP contribution >= 0.6 is 0 Å². The summed E-state index contributed by atoms with van der Waals surface area (Å²) in [6.45, 7) is 5.73. The van der Waals surface area contributed by atoms with E-state index in [0.717, 1.165) is 55.6 Å². The Bertz CT molecular complexity index is 892. The molecule has 1 amide bonds. The number of nitrogens with zero attached hydrogens (tertiary/aromatic N) is 2. The van der Waals surface area contributed by atoms with E-state index in [1.807, 2.05) is 36.4 Å². The molecule has 2 aromatic carbocycles. The molecule has 1 atom stereocenters. The molecule has 1 spiro atoms. The van der Waals surface area contributed by atoms with Gasteiger partial charge in [-0.1, -0.05) is 31.2 Å². The minimum Gasteiger partial charge on any atom is -0.494 e. The van der Waals surface area contributed by atoms with Gasteiger partial charge >= 0.3 is 6.09 Å². The van der Waals surface area contributed by atoms with Crippen LogP contribution in [0.25, 0.3) is 0 Å². The van der Waals surface area contributed by atoms with Crippen LogP contribution in [0.2, 0.25) is 0 Å². The molecule has 1 unspecified atom stereocenters. The molecule has 0 aliphatic carbocycles. The topological polar surface area (TPSA) is 42.0 Å². The molecule has 2 heterocycles.